The molecule has 1 aliphatic rings. The van der Waals surface area contributed by atoms with Gasteiger partial charge >= 0.3 is 0 Å². The van der Waals surface area contributed by atoms with Gasteiger partial charge in [0.1, 0.15) is 11.3 Å². The lowest BCUT2D eigenvalue weighted by atomic mass is 10.1. The lowest BCUT2D eigenvalue weighted by Crippen LogP contribution is -3.06. The fraction of sp³-hybridized carbons (Fsp3) is 0.357. The van der Waals surface area contributed by atoms with Crippen LogP contribution in [-0.2, 0) is 0 Å². The van der Waals surface area contributed by atoms with Crippen molar-refractivity contribution in [2.45, 2.75) is 26.2 Å². The molecule has 1 amide bonds. The summed E-state index contributed by atoms with van der Waals surface area (Å²) in [5, 5.41) is 12.1. The summed E-state index contributed by atoms with van der Waals surface area (Å²) in [5.41, 5.74) is 1.64. The highest BCUT2D eigenvalue weighted by molar-refractivity contribution is 6.08. The van der Waals surface area contributed by atoms with Gasteiger partial charge in [-0.3, -0.25) is 14.9 Å². The molecule has 1 N–H and O–H groups in total. The second kappa shape index (κ2) is 5.86. The number of carbonyl (C=O) groups is 1. The molecule has 0 saturated carbocycles. The molecule has 1 aromatic carbocycles. The summed E-state index contributed by atoms with van der Waals surface area (Å²) >= 11 is 0. The van der Waals surface area contributed by atoms with Crippen LogP contribution in [0.25, 0.3) is 0 Å². The first-order valence-corrected chi connectivity index (χ1v) is 6.40. The van der Waals surface area contributed by atoms with Gasteiger partial charge < -0.3 is 5.21 Å². The van der Waals surface area contributed by atoms with Crippen molar-refractivity contribution in [2.24, 2.45) is 9.98 Å². The predicted octanol–water partition coefficient (Wildman–Crippen LogP) is 1.49. The number of fused-ring (bicyclic) bond motifs is 1. The van der Waals surface area contributed by atoms with Gasteiger partial charge in [0.15, 0.2) is 0 Å². The molecule has 0 radical (unpaired) electrons. The van der Waals surface area contributed by atoms with Crippen LogP contribution >= 0.6 is 0 Å². The molecule has 1 heterocycles. The van der Waals surface area contributed by atoms with E-state index in [2.05, 4.69) is 9.98 Å². The van der Waals surface area contributed by atoms with Crippen molar-refractivity contribution in [3.8, 4) is 0 Å². The smallest absolute Gasteiger partial charge is 0.287 e. The Balaban J connectivity index is 2.35. The Hall–Kier alpha value is -1.85. The van der Waals surface area contributed by atoms with E-state index in [0.717, 1.165) is 18.4 Å². The number of unbranched alkanes of at least 4 members (excludes halogenated alkanes) is 1. The maximum Gasteiger partial charge on any atom is 0.287 e. The monoisotopic (exact) mass is 259 g/mol. The Labute approximate surface area is 112 Å². The van der Waals surface area contributed by atoms with E-state index in [9.17, 15) is 10.0 Å². The molecule has 19 heavy (non-hydrogen) atoms. The highest BCUT2D eigenvalue weighted by atomic mass is 16.5. The fourth-order valence-corrected chi connectivity index (χ4v) is 2.07. The first-order chi connectivity index (χ1) is 9.17. The molecule has 0 aliphatic carbocycles. The van der Waals surface area contributed by atoms with E-state index in [1.807, 2.05) is 6.92 Å². The Morgan fingerprint density at radius 3 is 2.95 bits per heavy atom. The van der Waals surface area contributed by atoms with Crippen LogP contribution in [0.1, 0.15) is 42.1 Å². The quantitative estimate of drug-likeness (QED) is 0.657. The number of nitrogens with zero attached hydrogens (tertiary/aromatic N) is 2. The van der Waals surface area contributed by atoms with Crippen molar-refractivity contribution in [3.63, 3.8) is 0 Å². The Morgan fingerprint density at radius 2 is 2.26 bits per heavy atom. The number of aliphatic imine (C=N–C) groups is 2. The van der Waals surface area contributed by atoms with E-state index >= 15 is 0 Å². The topological polar surface area (TPSA) is 69.3 Å². The number of nitrogens with one attached hydrogen (secondary N) is 1. The zero-order valence-electron chi connectivity index (χ0n) is 11.1. The molecule has 0 fully saturated rings. The number of amidine groups is 1. The van der Waals surface area contributed by atoms with E-state index in [1.165, 1.54) is 0 Å². The molecule has 1 aromatic rings. The Bertz CT molecular complexity index is 550. The van der Waals surface area contributed by atoms with Crippen molar-refractivity contribution in [3.05, 3.63) is 34.5 Å². The fourth-order valence-electron chi connectivity index (χ4n) is 2.07. The van der Waals surface area contributed by atoms with E-state index in [-0.39, 0.29) is 11.0 Å². The van der Waals surface area contributed by atoms with Crippen LogP contribution in [-0.4, -0.2) is 25.0 Å². The molecule has 100 valence electrons. The van der Waals surface area contributed by atoms with Gasteiger partial charge in [0, 0.05) is 25.7 Å². The third-order valence-electron chi connectivity index (χ3n) is 3.06. The van der Waals surface area contributed by atoms with Gasteiger partial charge in [-0.1, -0.05) is 13.3 Å². The Morgan fingerprint density at radius 1 is 1.47 bits per heavy atom. The van der Waals surface area contributed by atoms with Crippen LogP contribution in [0.4, 0.5) is 5.69 Å². The predicted molar refractivity (Wildman–Crippen MR) is 75.2 cm³/mol. The molecular weight excluding hydrogens is 242 g/mol. The van der Waals surface area contributed by atoms with Crippen molar-refractivity contribution in [1.82, 2.24) is 0 Å². The summed E-state index contributed by atoms with van der Waals surface area (Å²) in [6.07, 6.45) is 4.06. The van der Waals surface area contributed by atoms with Crippen molar-refractivity contribution in [1.29, 1.82) is 0 Å². The first kappa shape index (κ1) is 13.6. The maximum atomic E-state index is 12.2. The minimum atomic E-state index is -0.327. The van der Waals surface area contributed by atoms with E-state index in [0.29, 0.717) is 23.5 Å². The van der Waals surface area contributed by atoms with Gasteiger partial charge in [0.2, 0.25) is 5.84 Å². The summed E-state index contributed by atoms with van der Waals surface area (Å²) < 4.78 is 0. The molecule has 0 spiro atoms. The molecule has 1 aliphatic heterocycles. The third kappa shape index (κ3) is 2.77. The number of hydrogen-bond acceptors (Lipinski definition) is 3. The molecule has 5 nitrogen and oxygen atoms in total. The maximum absolute atomic E-state index is 12.2. The van der Waals surface area contributed by atoms with Crippen molar-refractivity contribution in [2.75, 3.05) is 7.05 Å². The molecule has 1 unspecified atom stereocenters. The molecular formula is C14H17N3O2. The number of quaternary nitrogens is 1. The highest BCUT2D eigenvalue weighted by Crippen LogP contribution is 2.18. The zero-order valence-corrected chi connectivity index (χ0v) is 11.1. The van der Waals surface area contributed by atoms with Crippen LogP contribution in [0.3, 0.4) is 0 Å². The standard InChI is InChI=1S/C14H17N3O2/c1-3-4-5-13-16-14(18)11-8-10(9-15-2)6-7-12(11)17(13)19/h6-9,17H,3-5H2,1-2H3/b15-9-. The number of hydroxylamine groups is 1. The number of amides is 1. The molecule has 5 heteroatoms. The molecule has 2 rings (SSSR count). The first-order valence-electron chi connectivity index (χ1n) is 6.40. The summed E-state index contributed by atoms with van der Waals surface area (Å²) in [6, 6.07) is 5.15. The number of benzene rings is 1. The van der Waals surface area contributed by atoms with Gasteiger partial charge in [-0.25, -0.2) is 0 Å². The van der Waals surface area contributed by atoms with E-state index in [1.54, 1.807) is 31.5 Å². The van der Waals surface area contributed by atoms with Gasteiger partial charge in [-0.2, -0.15) is 4.99 Å². The normalized spacial score (nSPS) is 18.6. The van der Waals surface area contributed by atoms with Crippen molar-refractivity contribution < 1.29 is 9.86 Å². The molecule has 0 aromatic heterocycles. The molecule has 0 bridgehead atoms. The van der Waals surface area contributed by atoms with E-state index < -0.39 is 0 Å². The zero-order chi connectivity index (χ0) is 13.8. The summed E-state index contributed by atoms with van der Waals surface area (Å²) in [6.45, 7) is 2.04. The van der Waals surface area contributed by atoms with Crippen LogP contribution in [0.2, 0.25) is 0 Å². The lowest BCUT2D eigenvalue weighted by Gasteiger charge is -2.27. The highest BCUT2D eigenvalue weighted by Gasteiger charge is 2.26. The minimum absolute atomic E-state index is 0.122. The van der Waals surface area contributed by atoms with E-state index in [4.69, 9.17) is 0 Å². The number of carbonyl (C=O) groups excluding carboxylic acids is 1. The number of rotatable bonds is 4. The van der Waals surface area contributed by atoms with Gasteiger partial charge in [-0.15, -0.1) is 0 Å². The van der Waals surface area contributed by atoms with Gasteiger partial charge in [0.05, 0.1) is 0 Å². The number of hydrogen-bond donors (Lipinski definition) is 1. The van der Waals surface area contributed by atoms with Crippen LogP contribution < -0.4 is 5.06 Å². The second-order valence-corrected chi connectivity index (χ2v) is 4.49. The largest absolute Gasteiger partial charge is 0.622 e. The lowest BCUT2D eigenvalue weighted by molar-refractivity contribution is -0.670. The second-order valence-electron chi connectivity index (χ2n) is 4.49. The van der Waals surface area contributed by atoms with Crippen LogP contribution in [0, 0.1) is 5.21 Å². The molecule has 1 atom stereocenters. The Kier molecular flexibility index (Phi) is 4.19. The summed E-state index contributed by atoms with van der Waals surface area (Å²) in [5.74, 6) is 0.0586. The SMILES string of the molecule is CCCCC1=NC(=O)c2cc(/C=N\C)ccc2[NH+]1[O-]. The third-order valence-corrected chi connectivity index (χ3v) is 3.06. The molecule has 0 saturated heterocycles. The van der Waals surface area contributed by atoms with Crippen LogP contribution in [0.5, 0.6) is 0 Å². The summed E-state index contributed by atoms with van der Waals surface area (Å²) in [4.78, 5) is 19.8. The average molecular weight is 259 g/mol. The van der Waals surface area contributed by atoms with Gasteiger partial charge in [-0.05, 0) is 24.1 Å². The average Bonchev–Trinajstić information content (AvgIpc) is 2.41. The summed E-state index contributed by atoms with van der Waals surface area (Å²) in [7, 11) is 1.66. The van der Waals surface area contributed by atoms with Crippen molar-refractivity contribution >= 4 is 23.6 Å². The minimum Gasteiger partial charge on any atom is -0.622 e. The van der Waals surface area contributed by atoms with Crippen LogP contribution in [0.15, 0.2) is 28.2 Å². The van der Waals surface area contributed by atoms with Gasteiger partial charge in [0.25, 0.3) is 5.91 Å².